The van der Waals surface area contributed by atoms with E-state index in [0.717, 1.165) is 12.2 Å². The molecule has 0 aromatic carbocycles. The van der Waals surface area contributed by atoms with Gasteiger partial charge in [-0.1, -0.05) is 0 Å². The molecule has 4 nitrogen and oxygen atoms in total. The van der Waals surface area contributed by atoms with Crippen LogP contribution in [-0.2, 0) is 13.5 Å². The number of anilines is 1. The highest BCUT2D eigenvalue weighted by Gasteiger charge is 1.99. The van der Waals surface area contributed by atoms with Crippen LogP contribution in [0.25, 0.3) is 0 Å². The minimum atomic E-state index is 0.599. The van der Waals surface area contributed by atoms with Crippen LogP contribution in [0, 0.1) is 0 Å². The second-order valence-electron chi connectivity index (χ2n) is 3.29. The normalized spacial score (nSPS) is 10.4. The molecule has 2 N–H and O–H groups in total. The summed E-state index contributed by atoms with van der Waals surface area (Å²) in [6.07, 6.45) is 8.07. The van der Waals surface area contributed by atoms with Crippen molar-refractivity contribution in [2.45, 2.75) is 6.42 Å². The fraction of sp³-hybridized carbons (Fsp3) is 0.200. The maximum atomic E-state index is 5.50. The van der Waals surface area contributed by atoms with Gasteiger partial charge in [-0.2, -0.15) is 0 Å². The summed E-state index contributed by atoms with van der Waals surface area (Å²) in [6.45, 7) is 0. The lowest BCUT2D eigenvalue weighted by Gasteiger charge is -1.97. The Kier molecular flexibility index (Phi) is 2.18. The smallest absolute Gasteiger partial charge is 0.132 e. The van der Waals surface area contributed by atoms with E-state index in [1.807, 2.05) is 17.8 Å². The molecule has 72 valence electrons. The molecule has 2 aromatic heterocycles. The van der Waals surface area contributed by atoms with E-state index in [1.54, 1.807) is 12.4 Å². The zero-order valence-corrected chi connectivity index (χ0v) is 8.01. The molecule has 4 heteroatoms. The van der Waals surface area contributed by atoms with Crippen molar-refractivity contribution in [3.05, 3.63) is 42.2 Å². The van der Waals surface area contributed by atoms with E-state index in [1.165, 1.54) is 5.56 Å². The lowest BCUT2D eigenvalue weighted by atomic mass is 10.2. The van der Waals surface area contributed by atoms with Crippen molar-refractivity contribution >= 4 is 5.69 Å². The topological polar surface area (TPSA) is 56.7 Å². The van der Waals surface area contributed by atoms with Gasteiger partial charge >= 0.3 is 0 Å². The van der Waals surface area contributed by atoms with Gasteiger partial charge in [0.1, 0.15) is 5.82 Å². The Labute approximate surface area is 82.4 Å². The summed E-state index contributed by atoms with van der Waals surface area (Å²) in [5.74, 6) is 0.797. The Bertz CT molecular complexity index is 416. The quantitative estimate of drug-likeness (QED) is 0.764. The molecule has 0 radical (unpaired) electrons. The first-order chi connectivity index (χ1) is 6.74. The molecule has 0 aliphatic carbocycles. The second-order valence-corrected chi connectivity index (χ2v) is 3.29. The highest BCUT2D eigenvalue weighted by Crippen LogP contribution is 2.06. The predicted octanol–water partition coefficient (Wildman–Crippen LogP) is 0.988. The number of nitrogens with zero attached hydrogens (tertiary/aromatic N) is 3. The van der Waals surface area contributed by atoms with Gasteiger partial charge in [-0.05, 0) is 11.6 Å². The van der Waals surface area contributed by atoms with Gasteiger partial charge in [0, 0.05) is 25.9 Å². The number of rotatable bonds is 2. The van der Waals surface area contributed by atoms with Gasteiger partial charge in [-0.3, -0.25) is 0 Å². The lowest BCUT2D eigenvalue weighted by molar-refractivity contribution is 0.912. The highest BCUT2D eigenvalue weighted by atomic mass is 14.9. The molecule has 0 saturated carbocycles. The summed E-state index contributed by atoms with van der Waals surface area (Å²) < 4.78 is 2.01. The molecule has 0 spiro atoms. The van der Waals surface area contributed by atoms with Crippen molar-refractivity contribution in [2.24, 2.45) is 7.05 Å². The number of hydrogen-bond acceptors (Lipinski definition) is 3. The molecule has 0 atom stereocenters. The third-order valence-corrected chi connectivity index (χ3v) is 1.98. The van der Waals surface area contributed by atoms with Crippen LogP contribution in [0.5, 0.6) is 0 Å². The third-order valence-electron chi connectivity index (χ3n) is 1.98. The Morgan fingerprint density at radius 1 is 1.36 bits per heavy atom. The van der Waals surface area contributed by atoms with Crippen molar-refractivity contribution in [1.82, 2.24) is 14.5 Å². The molecule has 2 rings (SSSR count). The zero-order chi connectivity index (χ0) is 9.97. The van der Waals surface area contributed by atoms with Crippen molar-refractivity contribution in [3.63, 3.8) is 0 Å². The van der Waals surface area contributed by atoms with Gasteiger partial charge in [-0.15, -0.1) is 0 Å². The molecule has 0 saturated heterocycles. The van der Waals surface area contributed by atoms with Gasteiger partial charge in [0.15, 0.2) is 0 Å². The fourth-order valence-corrected chi connectivity index (χ4v) is 1.30. The first-order valence-electron chi connectivity index (χ1n) is 4.41. The highest BCUT2D eigenvalue weighted by molar-refractivity contribution is 5.30. The van der Waals surface area contributed by atoms with Crippen molar-refractivity contribution < 1.29 is 0 Å². The molecule has 2 heterocycles. The monoisotopic (exact) mass is 188 g/mol. The Morgan fingerprint density at radius 3 is 2.64 bits per heavy atom. The van der Waals surface area contributed by atoms with Gasteiger partial charge in [0.2, 0.25) is 0 Å². The van der Waals surface area contributed by atoms with Crippen LogP contribution in [0.4, 0.5) is 5.69 Å². The van der Waals surface area contributed by atoms with Crippen molar-refractivity contribution in [1.29, 1.82) is 0 Å². The molecule has 0 bridgehead atoms. The lowest BCUT2D eigenvalue weighted by Crippen LogP contribution is -1.97. The maximum absolute atomic E-state index is 5.50. The number of nitrogen functional groups attached to an aromatic ring is 1. The van der Waals surface area contributed by atoms with E-state index >= 15 is 0 Å². The predicted molar refractivity (Wildman–Crippen MR) is 54.7 cm³/mol. The SMILES string of the molecule is Cn1ccc(Cc2ncc(N)cn2)c1. The standard InChI is InChI=1S/C10H12N4/c1-14-3-2-8(7-14)4-10-12-5-9(11)6-13-10/h2-3,5-7H,4,11H2,1H3. The summed E-state index contributed by atoms with van der Waals surface area (Å²) in [5.41, 5.74) is 7.30. The average Bonchev–Trinajstić information content (AvgIpc) is 2.56. The molecular weight excluding hydrogens is 176 g/mol. The molecular formula is C10H12N4. The third kappa shape index (κ3) is 1.90. The molecule has 2 aromatic rings. The summed E-state index contributed by atoms with van der Waals surface area (Å²) in [5, 5.41) is 0. The minimum absolute atomic E-state index is 0.599. The van der Waals surface area contributed by atoms with Crippen molar-refractivity contribution in [3.8, 4) is 0 Å². The number of aromatic nitrogens is 3. The van der Waals surface area contributed by atoms with Crippen LogP contribution in [0.1, 0.15) is 11.4 Å². The van der Waals surface area contributed by atoms with Gasteiger partial charge in [0.05, 0.1) is 18.1 Å². The fourth-order valence-electron chi connectivity index (χ4n) is 1.30. The Balaban J connectivity index is 2.15. The van der Waals surface area contributed by atoms with Crippen molar-refractivity contribution in [2.75, 3.05) is 5.73 Å². The molecule has 0 amide bonds. The number of nitrogens with two attached hydrogens (primary N) is 1. The average molecular weight is 188 g/mol. The summed E-state index contributed by atoms with van der Waals surface area (Å²) in [6, 6.07) is 2.06. The molecule has 0 aliphatic heterocycles. The number of hydrogen-bond donors (Lipinski definition) is 1. The largest absolute Gasteiger partial charge is 0.396 e. The molecule has 0 fully saturated rings. The van der Waals surface area contributed by atoms with Gasteiger partial charge in [0.25, 0.3) is 0 Å². The van der Waals surface area contributed by atoms with Gasteiger partial charge < -0.3 is 10.3 Å². The van der Waals surface area contributed by atoms with Crippen LogP contribution in [-0.4, -0.2) is 14.5 Å². The second kappa shape index (κ2) is 3.49. The molecule has 14 heavy (non-hydrogen) atoms. The Morgan fingerprint density at radius 2 is 2.07 bits per heavy atom. The van der Waals surface area contributed by atoms with Gasteiger partial charge in [-0.25, -0.2) is 9.97 Å². The van der Waals surface area contributed by atoms with Crippen LogP contribution >= 0.6 is 0 Å². The Hall–Kier alpha value is -1.84. The van der Waals surface area contributed by atoms with E-state index in [9.17, 15) is 0 Å². The minimum Gasteiger partial charge on any atom is -0.396 e. The van der Waals surface area contributed by atoms with E-state index in [4.69, 9.17) is 5.73 Å². The molecule has 0 unspecified atom stereocenters. The van der Waals surface area contributed by atoms with E-state index in [0.29, 0.717) is 5.69 Å². The van der Waals surface area contributed by atoms with Crippen LogP contribution in [0.3, 0.4) is 0 Å². The molecule has 0 aliphatic rings. The summed E-state index contributed by atoms with van der Waals surface area (Å²) >= 11 is 0. The van der Waals surface area contributed by atoms with E-state index < -0.39 is 0 Å². The van der Waals surface area contributed by atoms with E-state index in [-0.39, 0.29) is 0 Å². The van der Waals surface area contributed by atoms with E-state index in [2.05, 4.69) is 22.2 Å². The number of aryl methyl sites for hydroxylation is 1. The first kappa shape index (κ1) is 8.74. The maximum Gasteiger partial charge on any atom is 0.132 e. The van der Waals surface area contributed by atoms with Crippen LogP contribution in [0.2, 0.25) is 0 Å². The summed E-state index contributed by atoms with van der Waals surface area (Å²) in [7, 11) is 1.99. The van der Waals surface area contributed by atoms with Crippen LogP contribution in [0.15, 0.2) is 30.9 Å². The van der Waals surface area contributed by atoms with Crippen LogP contribution < -0.4 is 5.73 Å². The first-order valence-corrected chi connectivity index (χ1v) is 4.41. The summed E-state index contributed by atoms with van der Waals surface area (Å²) in [4.78, 5) is 8.27. The zero-order valence-electron chi connectivity index (χ0n) is 8.01.